The van der Waals surface area contributed by atoms with Crippen molar-refractivity contribution in [3.8, 4) is 0 Å². The molecule has 0 spiro atoms. The second-order valence-electron chi connectivity index (χ2n) is 4.70. The van der Waals surface area contributed by atoms with E-state index in [0.717, 1.165) is 0 Å². The standard InChI is InChI=1S/C8H17Si.Na/c1-9(2)8-6-4-3-5-7-8;/h8H,3-7H2,1-2H3;. The monoisotopic (exact) mass is 164 g/mol. The van der Waals surface area contributed by atoms with E-state index in [1.165, 1.54) is 51.8 Å². The zero-order chi connectivity index (χ0) is 7.61. The molecule has 0 aromatic rings. The summed E-state index contributed by atoms with van der Waals surface area (Å²) in [6, 6.07) is 0. The van der Waals surface area contributed by atoms with Crippen molar-refractivity contribution in [3.63, 3.8) is 0 Å². The molecule has 0 saturated heterocycles. The van der Waals surface area contributed by atoms with Crippen molar-refractivity contribution in [2.75, 3.05) is 0 Å². The first kappa shape index (κ1) is 9.31. The van der Waals surface area contributed by atoms with E-state index in [-0.39, 0.29) is 0 Å². The summed E-state index contributed by atoms with van der Waals surface area (Å²) < 4.78 is -0.617. The summed E-state index contributed by atoms with van der Waals surface area (Å²) >= 11 is 1.51. The average molecular weight is 164 g/mol. The third-order valence-corrected chi connectivity index (χ3v) is 8.31. The first-order chi connectivity index (χ1) is 4.61. The van der Waals surface area contributed by atoms with E-state index in [9.17, 15) is 0 Å². The van der Waals surface area contributed by atoms with E-state index < -0.39 is 4.63 Å². The summed E-state index contributed by atoms with van der Waals surface area (Å²) in [5.74, 6) is 0. The zero-order valence-electron chi connectivity index (χ0n) is 7.61. The van der Waals surface area contributed by atoms with Crippen molar-refractivity contribution in [2.45, 2.75) is 50.7 Å². The van der Waals surface area contributed by atoms with Crippen LogP contribution in [0.4, 0.5) is 0 Å². The molecule has 0 aromatic carbocycles. The molecule has 0 nitrogen and oxygen atoms in total. The Labute approximate surface area is 82.0 Å². The second kappa shape index (κ2) is 3.75. The fourth-order valence-corrected chi connectivity index (χ4v) is 5.84. The molecule has 0 aliphatic heterocycles. The summed E-state index contributed by atoms with van der Waals surface area (Å²) in [6.07, 6.45) is 7.72. The minimum atomic E-state index is -0.617. The molecule has 1 saturated carbocycles. The molecule has 0 bridgehead atoms. The molecule has 0 unspecified atom stereocenters. The minimum absolute atomic E-state index is 0.617. The van der Waals surface area contributed by atoms with Gasteiger partial charge >= 0.3 is 82.4 Å². The fraction of sp³-hybridized carbons (Fsp3) is 1.00. The van der Waals surface area contributed by atoms with Crippen LogP contribution >= 0.6 is 0 Å². The SMILES string of the molecule is C[Si](C)([Na])C1CCCCC1. The quantitative estimate of drug-likeness (QED) is 0.523. The van der Waals surface area contributed by atoms with Gasteiger partial charge in [-0.15, -0.1) is 0 Å². The van der Waals surface area contributed by atoms with Gasteiger partial charge in [0.05, 0.1) is 0 Å². The molecule has 1 fully saturated rings. The van der Waals surface area contributed by atoms with E-state index in [4.69, 9.17) is 0 Å². The van der Waals surface area contributed by atoms with Crippen LogP contribution in [0, 0.1) is 0 Å². The van der Waals surface area contributed by atoms with E-state index >= 15 is 0 Å². The third-order valence-electron chi connectivity index (χ3n) is 2.83. The molecule has 54 valence electrons. The topological polar surface area (TPSA) is 0 Å². The van der Waals surface area contributed by atoms with Crippen LogP contribution in [0.2, 0.25) is 18.6 Å². The maximum atomic E-state index is 2.58. The van der Waals surface area contributed by atoms with Crippen LogP contribution in [-0.4, -0.2) is 31.7 Å². The van der Waals surface area contributed by atoms with Gasteiger partial charge in [0.2, 0.25) is 0 Å². The molecular formula is C8H17NaSi. The molecule has 1 rings (SSSR count). The van der Waals surface area contributed by atoms with Crippen molar-refractivity contribution in [3.05, 3.63) is 0 Å². The summed E-state index contributed by atoms with van der Waals surface area (Å²) in [7, 11) is 0. The van der Waals surface area contributed by atoms with Crippen molar-refractivity contribution in [1.29, 1.82) is 0 Å². The van der Waals surface area contributed by atoms with Crippen molar-refractivity contribution in [2.24, 2.45) is 0 Å². The van der Waals surface area contributed by atoms with Crippen molar-refractivity contribution < 1.29 is 0 Å². The number of rotatable bonds is 1. The molecule has 0 N–H and O–H groups in total. The van der Waals surface area contributed by atoms with Gasteiger partial charge in [-0.05, 0) is 0 Å². The van der Waals surface area contributed by atoms with Gasteiger partial charge in [0, 0.05) is 0 Å². The van der Waals surface area contributed by atoms with Gasteiger partial charge in [0.15, 0.2) is 0 Å². The first-order valence-corrected chi connectivity index (χ1v) is 11.2. The average Bonchev–Trinajstić information content (AvgIpc) is 1.88. The number of hydrogen-bond acceptors (Lipinski definition) is 0. The molecule has 0 amide bonds. The van der Waals surface area contributed by atoms with Crippen LogP contribution in [0.15, 0.2) is 0 Å². The Morgan fingerprint density at radius 2 is 1.60 bits per heavy atom. The Bertz CT molecular complexity index is 100. The molecule has 0 radical (unpaired) electrons. The molecule has 1 aliphatic rings. The Morgan fingerprint density at radius 3 is 1.90 bits per heavy atom. The van der Waals surface area contributed by atoms with Crippen LogP contribution < -0.4 is 0 Å². The Hall–Kier alpha value is 1.22. The maximum absolute atomic E-state index is 2.58. The summed E-state index contributed by atoms with van der Waals surface area (Å²) in [4.78, 5) is 0. The van der Waals surface area contributed by atoms with Crippen molar-refractivity contribution in [1.82, 2.24) is 0 Å². The molecule has 0 atom stereocenters. The van der Waals surface area contributed by atoms with Gasteiger partial charge in [-0.25, -0.2) is 0 Å². The van der Waals surface area contributed by atoms with Crippen LogP contribution in [0.1, 0.15) is 32.1 Å². The molecule has 1 aliphatic carbocycles. The van der Waals surface area contributed by atoms with Crippen LogP contribution in [0.25, 0.3) is 0 Å². The summed E-state index contributed by atoms with van der Waals surface area (Å²) in [5, 5.41) is 0. The fourth-order valence-electron chi connectivity index (χ4n) is 1.97. The van der Waals surface area contributed by atoms with Crippen LogP contribution in [0.5, 0.6) is 0 Å². The molecule has 2 heteroatoms. The van der Waals surface area contributed by atoms with Gasteiger partial charge in [-0.3, -0.25) is 0 Å². The van der Waals surface area contributed by atoms with Gasteiger partial charge in [0.1, 0.15) is 0 Å². The molecular weight excluding hydrogens is 147 g/mol. The normalized spacial score (nSPS) is 23.2. The Kier molecular flexibility index (Phi) is 3.49. The van der Waals surface area contributed by atoms with Gasteiger partial charge in [-0.1, -0.05) is 0 Å². The summed E-state index contributed by atoms with van der Waals surface area (Å²) in [5.41, 5.74) is 1.20. The van der Waals surface area contributed by atoms with Gasteiger partial charge in [0.25, 0.3) is 0 Å². The summed E-state index contributed by atoms with van der Waals surface area (Å²) in [6.45, 7) is 5.16. The molecule has 10 heavy (non-hydrogen) atoms. The number of hydrogen-bond donors (Lipinski definition) is 0. The third kappa shape index (κ3) is 2.69. The second-order valence-corrected chi connectivity index (χ2v) is 18.0. The van der Waals surface area contributed by atoms with E-state index in [1.54, 1.807) is 12.8 Å². The van der Waals surface area contributed by atoms with Crippen molar-refractivity contribution >= 4 is 31.7 Å². The predicted molar refractivity (Wildman–Crippen MR) is 50.1 cm³/mol. The first-order valence-electron chi connectivity index (χ1n) is 4.61. The Morgan fingerprint density at radius 1 is 1.10 bits per heavy atom. The van der Waals surface area contributed by atoms with Gasteiger partial charge in [-0.2, -0.15) is 0 Å². The molecule has 0 heterocycles. The van der Waals surface area contributed by atoms with Gasteiger partial charge < -0.3 is 0 Å². The van der Waals surface area contributed by atoms with E-state index in [0.29, 0.717) is 0 Å². The van der Waals surface area contributed by atoms with Crippen LogP contribution in [-0.2, 0) is 0 Å². The predicted octanol–water partition coefficient (Wildman–Crippen LogP) is 2.69. The zero-order valence-corrected chi connectivity index (χ0v) is 10.6. The van der Waals surface area contributed by atoms with E-state index in [1.807, 2.05) is 0 Å². The molecule has 0 aromatic heterocycles. The Balaban J connectivity index is 2.39. The van der Waals surface area contributed by atoms with Crippen LogP contribution in [0.3, 0.4) is 0 Å². The van der Waals surface area contributed by atoms with E-state index in [2.05, 4.69) is 13.1 Å².